The van der Waals surface area contributed by atoms with Gasteiger partial charge in [-0.2, -0.15) is 0 Å². The van der Waals surface area contributed by atoms with Gasteiger partial charge in [0.15, 0.2) is 0 Å². The van der Waals surface area contributed by atoms with Crippen LogP contribution in [-0.2, 0) is 19.1 Å². The molecule has 0 aliphatic heterocycles. The molecule has 0 spiro atoms. The van der Waals surface area contributed by atoms with Crippen LogP contribution >= 0.6 is 0 Å². The van der Waals surface area contributed by atoms with Crippen molar-refractivity contribution < 1.29 is 29.3 Å². The fourth-order valence-electron chi connectivity index (χ4n) is 2.02. The maximum absolute atomic E-state index is 12.0. The highest BCUT2D eigenvalue weighted by Crippen LogP contribution is 2.34. The molecule has 0 amide bonds. The van der Waals surface area contributed by atoms with Gasteiger partial charge in [-0.25, -0.2) is 9.59 Å². The Hall–Kier alpha value is -1.70. The van der Waals surface area contributed by atoms with Crippen molar-refractivity contribution in [2.45, 2.75) is 31.5 Å². The van der Waals surface area contributed by atoms with E-state index < -0.39 is 23.1 Å². The van der Waals surface area contributed by atoms with Gasteiger partial charge in [-0.15, -0.1) is 0 Å². The van der Waals surface area contributed by atoms with Crippen molar-refractivity contribution in [2.75, 3.05) is 19.8 Å². The Morgan fingerprint density at radius 3 is 2.14 bits per heavy atom. The number of rotatable bonds is 6. The van der Waals surface area contributed by atoms with E-state index in [1.165, 1.54) is 6.08 Å². The summed E-state index contributed by atoms with van der Waals surface area (Å²) >= 11 is 0. The first-order valence-electron chi connectivity index (χ1n) is 6.76. The molecule has 4 N–H and O–H groups in total. The van der Waals surface area contributed by atoms with Gasteiger partial charge in [-0.05, 0) is 44.5 Å². The highest BCUT2D eigenvalue weighted by molar-refractivity contribution is 5.96. The Morgan fingerprint density at radius 2 is 1.67 bits per heavy atom. The van der Waals surface area contributed by atoms with Crippen molar-refractivity contribution in [3.63, 3.8) is 0 Å². The molecular formula is C14H21NO6. The Balaban J connectivity index is 3.27. The summed E-state index contributed by atoms with van der Waals surface area (Å²) in [4.78, 5) is 24.0. The fourth-order valence-corrected chi connectivity index (χ4v) is 2.02. The first kappa shape index (κ1) is 17.4. The van der Waals surface area contributed by atoms with Gasteiger partial charge in [0, 0.05) is 0 Å². The summed E-state index contributed by atoms with van der Waals surface area (Å²) in [6, 6.07) is 0. The van der Waals surface area contributed by atoms with E-state index in [1.54, 1.807) is 13.8 Å². The topological polar surface area (TPSA) is 119 Å². The molecule has 2 atom stereocenters. The van der Waals surface area contributed by atoms with Gasteiger partial charge in [0.1, 0.15) is 0 Å². The highest BCUT2D eigenvalue weighted by atomic mass is 16.6. The number of carbonyl (C=O) groups excluding carboxylic acids is 2. The minimum absolute atomic E-state index is 0.00669. The molecular weight excluding hydrogens is 278 g/mol. The number of ether oxygens (including phenoxy) is 2. The van der Waals surface area contributed by atoms with Gasteiger partial charge in [0.25, 0.3) is 0 Å². The second kappa shape index (κ2) is 6.84. The van der Waals surface area contributed by atoms with Crippen molar-refractivity contribution >= 4 is 11.9 Å². The van der Waals surface area contributed by atoms with Gasteiger partial charge in [-0.3, -0.25) is 0 Å². The maximum atomic E-state index is 12.0. The Morgan fingerprint density at radius 1 is 1.14 bits per heavy atom. The number of esters is 2. The molecule has 21 heavy (non-hydrogen) atoms. The zero-order chi connectivity index (χ0) is 16.1. The average molecular weight is 299 g/mol. The zero-order valence-corrected chi connectivity index (χ0v) is 12.2. The van der Waals surface area contributed by atoms with Crippen LogP contribution in [0.25, 0.3) is 0 Å². The van der Waals surface area contributed by atoms with Gasteiger partial charge < -0.3 is 25.4 Å². The van der Waals surface area contributed by atoms with Crippen LogP contribution in [0.2, 0.25) is 0 Å². The molecule has 1 aliphatic rings. The van der Waals surface area contributed by atoms with Crippen molar-refractivity contribution in [2.24, 2.45) is 5.73 Å². The second-order valence-corrected chi connectivity index (χ2v) is 4.56. The van der Waals surface area contributed by atoms with E-state index in [4.69, 9.17) is 15.2 Å². The normalized spacial score (nSPS) is 28.0. The molecule has 0 heterocycles. The first-order chi connectivity index (χ1) is 9.85. The summed E-state index contributed by atoms with van der Waals surface area (Å²) in [7, 11) is 0. The predicted molar refractivity (Wildman–Crippen MR) is 74.1 cm³/mol. The molecule has 0 fully saturated rings. The van der Waals surface area contributed by atoms with E-state index in [9.17, 15) is 19.8 Å². The molecule has 7 nitrogen and oxygen atoms in total. The lowest BCUT2D eigenvalue weighted by Gasteiger charge is -2.37. The molecule has 0 radical (unpaired) electrons. The summed E-state index contributed by atoms with van der Waals surface area (Å²) in [6.07, 6.45) is 3.93. The summed E-state index contributed by atoms with van der Waals surface area (Å²) < 4.78 is 9.51. The van der Waals surface area contributed by atoms with Crippen LogP contribution in [0.15, 0.2) is 23.8 Å². The first-order valence-corrected chi connectivity index (χ1v) is 6.76. The molecule has 7 heteroatoms. The molecule has 1 rings (SSSR count). The maximum Gasteiger partial charge on any atom is 0.346 e. The van der Waals surface area contributed by atoms with Crippen LogP contribution in [-0.4, -0.2) is 53.1 Å². The lowest BCUT2D eigenvalue weighted by atomic mass is 9.77. The molecule has 118 valence electrons. The number of aliphatic hydroxyl groups is 2. The Kier molecular flexibility index (Phi) is 5.65. The highest BCUT2D eigenvalue weighted by Gasteiger charge is 2.60. The van der Waals surface area contributed by atoms with Gasteiger partial charge >= 0.3 is 11.9 Å². The molecule has 2 unspecified atom stereocenters. The quantitative estimate of drug-likeness (QED) is 0.561. The molecule has 0 aromatic carbocycles. The number of hydrogen-bond acceptors (Lipinski definition) is 7. The van der Waals surface area contributed by atoms with E-state index >= 15 is 0 Å². The van der Waals surface area contributed by atoms with Crippen molar-refractivity contribution in [3.8, 4) is 0 Å². The van der Waals surface area contributed by atoms with E-state index in [0.717, 1.165) is 12.2 Å². The minimum Gasteiger partial charge on any atom is -0.464 e. The Labute approximate surface area is 123 Å². The third-order valence-corrected chi connectivity index (χ3v) is 3.12. The number of carbonyl (C=O) groups is 2. The number of nitrogens with two attached hydrogens (primary N) is 1. The van der Waals surface area contributed by atoms with Crippen molar-refractivity contribution in [3.05, 3.63) is 23.8 Å². The minimum atomic E-state index is -2.55. The molecule has 0 bridgehead atoms. The predicted octanol–water partition coefficient (Wildman–Crippen LogP) is -0.580. The summed E-state index contributed by atoms with van der Waals surface area (Å²) in [5, 5.41) is 21.1. The van der Waals surface area contributed by atoms with E-state index in [1.807, 2.05) is 0 Å². The largest absolute Gasteiger partial charge is 0.464 e. The number of hydrogen-bond donors (Lipinski definition) is 3. The van der Waals surface area contributed by atoms with Gasteiger partial charge in [0.05, 0.1) is 13.2 Å². The molecule has 0 aromatic heterocycles. The molecule has 0 aromatic rings. The lowest BCUT2D eigenvalue weighted by Crippen LogP contribution is -2.63. The van der Waals surface area contributed by atoms with E-state index in [2.05, 4.69) is 0 Å². The fraction of sp³-hybridized carbons (Fsp3) is 0.571. The lowest BCUT2D eigenvalue weighted by molar-refractivity contribution is -0.195. The summed E-state index contributed by atoms with van der Waals surface area (Å²) in [6.45, 7) is 3.37. The third-order valence-electron chi connectivity index (χ3n) is 3.12. The van der Waals surface area contributed by atoms with Crippen LogP contribution in [0.3, 0.4) is 0 Å². The Bertz CT molecular complexity index is 472. The SMILES string of the molecule is CCOC(=O)C1(O)C=CC(CCN)=CC1(O)C(=O)OCC. The van der Waals surface area contributed by atoms with Crippen LogP contribution in [0.5, 0.6) is 0 Å². The average Bonchev–Trinajstić information content (AvgIpc) is 2.44. The van der Waals surface area contributed by atoms with Crippen LogP contribution < -0.4 is 5.73 Å². The van der Waals surface area contributed by atoms with Crippen molar-refractivity contribution in [1.29, 1.82) is 0 Å². The van der Waals surface area contributed by atoms with Crippen LogP contribution in [0, 0.1) is 0 Å². The van der Waals surface area contributed by atoms with Gasteiger partial charge in [0.2, 0.25) is 11.2 Å². The monoisotopic (exact) mass is 299 g/mol. The molecule has 0 saturated carbocycles. The number of allylic oxidation sites excluding steroid dienone is 1. The third kappa shape index (κ3) is 3.15. The standard InChI is InChI=1S/C14H21NO6/c1-3-20-11(16)13(18)7-5-10(6-8-15)9-14(13,19)12(17)21-4-2/h5,7,9,18-19H,3-4,6,8,15H2,1-2H3. The van der Waals surface area contributed by atoms with Gasteiger partial charge in [-0.1, -0.05) is 6.08 Å². The summed E-state index contributed by atoms with van der Waals surface area (Å²) in [5.41, 5.74) is 0.865. The van der Waals surface area contributed by atoms with E-state index in [-0.39, 0.29) is 19.8 Å². The van der Waals surface area contributed by atoms with E-state index in [0.29, 0.717) is 12.0 Å². The second-order valence-electron chi connectivity index (χ2n) is 4.56. The summed E-state index contributed by atoms with van der Waals surface area (Å²) in [5.74, 6) is -2.25. The zero-order valence-electron chi connectivity index (χ0n) is 12.2. The smallest absolute Gasteiger partial charge is 0.346 e. The molecule has 0 saturated heterocycles. The molecule has 1 aliphatic carbocycles. The van der Waals surface area contributed by atoms with Crippen LogP contribution in [0.1, 0.15) is 20.3 Å². The van der Waals surface area contributed by atoms with Crippen LogP contribution in [0.4, 0.5) is 0 Å². The van der Waals surface area contributed by atoms with Crippen molar-refractivity contribution in [1.82, 2.24) is 0 Å².